The fourth-order valence-electron chi connectivity index (χ4n) is 3.20. The second-order valence-corrected chi connectivity index (χ2v) is 7.84. The number of anilines is 1. The minimum Gasteiger partial charge on any atom is -0.396 e. The van der Waals surface area contributed by atoms with Gasteiger partial charge in [0, 0.05) is 31.1 Å². The SMILES string of the molecule is CCNC(=NCC(CC)(CC)CO)NC1CCN(c2cccs2)CC1.I. The van der Waals surface area contributed by atoms with Crippen LogP contribution in [0.4, 0.5) is 5.00 Å². The van der Waals surface area contributed by atoms with E-state index < -0.39 is 0 Å². The number of hydrogen-bond donors (Lipinski definition) is 3. The van der Waals surface area contributed by atoms with Crippen LogP contribution in [0, 0.1) is 5.41 Å². The molecule has 0 saturated carbocycles. The molecule has 7 heteroatoms. The molecule has 1 aliphatic rings. The normalized spacial score (nSPS) is 16.3. The lowest BCUT2D eigenvalue weighted by Gasteiger charge is -2.34. The van der Waals surface area contributed by atoms with Crippen molar-refractivity contribution in [1.82, 2.24) is 10.6 Å². The first-order chi connectivity index (χ1) is 12.2. The zero-order valence-corrected chi connectivity index (χ0v) is 19.5. The van der Waals surface area contributed by atoms with Crippen LogP contribution < -0.4 is 15.5 Å². The Labute approximate surface area is 179 Å². The van der Waals surface area contributed by atoms with Crippen LogP contribution in [0.25, 0.3) is 0 Å². The first-order valence-electron chi connectivity index (χ1n) is 9.60. The number of halogens is 1. The molecule has 1 saturated heterocycles. The molecule has 0 aliphatic carbocycles. The third kappa shape index (κ3) is 6.56. The van der Waals surface area contributed by atoms with Crippen molar-refractivity contribution in [3.05, 3.63) is 17.5 Å². The van der Waals surface area contributed by atoms with Crippen LogP contribution in [0.15, 0.2) is 22.5 Å². The largest absolute Gasteiger partial charge is 0.396 e. The molecule has 0 atom stereocenters. The zero-order chi connectivity index (χ0) is 18.1. The molecule has 0 unspecified atom stereocenters. The smallest absolute Gasteiger partial charge is 0.191 e. The Kier molecular flexibility index (Phi) is 10.9. The molecule has 0 aromatic carbocycles. The maximum absolute atomic E-state index is 9.75. The van der Waals surface area contributed by atoms with Crippen molar-refractivity contribution in [2.24, 2.45) is 10.4 Å². The predicted molar refractivity (Wildman–Crippen MR) is 124 cm³/mol. The highest BCUT2D eigenvalue weighted by Gasteiger charge is 2.26. The summed E-state index contributed by atoms with van der Waals surface area (Å²) >= 11 is 1.82. The zero-order valence-electron chi connectivity index (χ0n) is 16.3. The molecule has 0 amide bonds. The number of piperidine rings is 1. The average Bonchev–Trinajstić information content (AvgIpc) is 3.19. The predicted octanol–water partition coefficient (Wildman–Crippen LogP) is 3.69. The van der Waals surface area contributed by atoms with Crippen molar-refractivity contribution in [3.8, 4) is 0 Å². The molecular formula is C19H35IN4OS. The lowest BCUT2D eigenvalue weighted by Crippen LogP contribution is -2.49. The van der Waals surface area contributed by atoms with E-state index in [1.165, 1.54) is 5.00 Å². The van der Waals surface area contributed by atoms with Crippen LogP contribution in [0.3, 0.4) is 0 Å². The number of guanidine groups is 1. The van der Waals surface area contributed by atoms with E-state index >= 15 is 0 Å². The van der Waals surface area contributed by atoms with Gasteiger partial charge in [0.15, 0.2) is 5.96 Å². The summed E-state index contributed by atoms with van der Waals surface area (Å²) in [6.45, 7) is 10.2. The highest BCUT2D eigenvalue weighted by Crippen LogP contribution is 2.26. The lowest BCUT2D eigenvalue weighted by atomic mass is 9.83. The summed E-state index contributed by atoms with van der Waals surface area (Å²) in [4.78, 5) is 7.25. The van der Waals surface area contributed by atoms with Gasteiger partial charge in [-0.2, -0.15) is 0 Å². The summed E-state index contributed by atoms with van der Waals surface area (Å²) in [6, 6.07) is 4.78. The van der Waals surface area contributed by atoms with Crippen molar-refractivity contribution in [2.75, 3.05) is 37.7 Å². The van der Waals surface area contributed by atoms with Gasteiger partial charge in [-0.05, 0) is 50.1 Å². The molecule has 2 heterocycles. The molecule has 1 aromatic rings. The Morgan fingerprint density at radius 3 is 2.50 bits per heavy atom. The summed E-state index contributed by atoms with van der Waals surface area (Å²) in [6.07, 6.45) is 4.13. The monoisotopic (exact) mass is 494 g/mol. The summed E-state index contributed by atoms with van der Waals surface area (Å²) in [5.41, 5.74) is -0.0924. The molecule has 1 aliphatic heterocycles. The van der Waals surface area contributed by atoms with Crippen LogP contribution in [0.1, 0.15) is 46.5 Å². The van der Waals surface area contributed by atoms with Crippen LogP contribution in [0.5, 0.6) is 0 Å². The number of aliphatic hydroxyl groups is 1. The number of rotatable bonds is 8. The second kappa shape index (κ2) is 12.0. The third-order valence-corrected chi connectivity index (χ3v) is 6.33. The maximum Gasteiger partial charge on any atom is 0.191 e. The Morgan fingerprint density at radius 2 is 2.00 bits per heavy atom. The topological polar surface area (TPSA) is 59.9 Å². The lowest BCUT2D eigenvalue weighted by molar-refractivity contribution is 0.123. The Balaban J connectivity index is 0.00000338. The van der Waals surface area contributed by atoms with Crippen molar-refractivity contribution >= 4 is 46.3 Å². The van der Waals surface area contributed by atoms with Crippen LogP contribution in [0.2, 0.25) is 0 Å². The van der Waals surface area contributed by atoms with E-state index in [2.05, 4.69) is 53.8 Å². The van der Waals surface area contributed by atoms with Gasteiger partial charge in [0.25, 0.3) is 0 Å². The van der Waals surface area contributed by atoms with Gasteiger partial charge < -0.3 is 20.6 Å². The molecule has 5 nitrogen and oxygen atoms in total. The number of thiophene rings is 1. The van der Waals surface area contributed by atoms with E-state index in [-0.39, 0.29) is 36.0 Å². The number of aliphatic hydroxyl groups excluding tert-OH is 1. The van der Waals surface area contributed by atoms with Gasteiger partial charge in [0.2, 0.25) is 0 Å². The van der Waals surface area contributed by atoms with Gasteiger partial charge in [0.1, 0.15) is 0 Å². The van der Waals surface area contributed by atoms with Gasteiger partial charge in [0.05, 0.1) is 18.2 Å². The number of nitrogens with zero attached hydrogens (tertiary/aromatic N) is 2. The summed E-state index contributed by atoms with van der Waals surface area (Å²) in [5.74, 6) is 0.886. The molecular weight excluding hydrogens is 459 g/mol. The van der Waals surface area contributed by atoms with Gasteiger partial charge in [-0.3, -0.25) is 4.99 Å². The van der Waals surface area contributed by atoms with E-state index in [0.29, 0.717) is 12.6 Å². The highest BCUT2D eigenvalue weighted by atomic mass is 127. The van der Waals surface area contributed by atoms with E-state index in [1.54, 1.807) is 0 Å². The third-order valence-electron chi connectivity index (χ3n) is 5.41. The quantitative estimate of drug-likeness (QED) is 0.293. The van der Waals surface area contributed by atoms with Gasteiger partial charge in [-0.1, -0.05) is 13.8 Å². The number of aliphatic imine (C=N–C) groups is 1. The van der Waals surface area contributed by atoms with Crippen molar-refractivity contribution in [1.29, 1.82) is 0 Å². The van der Waals surface area contributed by atoms with E-state index in [9.17, 15) is 5.11 Å². The maximum atomic E-state index is 9.75. The molecule has 150 valence electrons. The number of hydrogen-bond acceptors (Lipinski definition) is 4. The van der Waals surface area contributed by atoms with Gasteiger partial charge in [-0.25, -0.2) is 0 Å². The molecule has 0 radical (unpaired) electrons. The Bertz CT molecular complexity index is 503. The average molecular weight is 494 g/mol. The fourth-order valence-corrected chi connectivity index (χ4v) is 3.99. The molecule has 0 spiro atoms. The summed E-state index contributed by atoms with van der Waals surface area (Å²) < 4.78 is 0. The summed E-state index contributed by atoms with van der Waals surface area (Å²) in [5, 5.41) is 20.2. The van der Waals surface area contributed by atoms with Crippen molar-refractivity contribution in [2.45, 2.75) is 52.5 Å². The molecule has 26 heavy (non-hydrogen) atoms. The van der Waals surface area contributed by atoms with Crippen molar-refractivity contribution in [3.63, 3.8) is 0 Å². The van der Waals surface area contributed by atoms with Crippen LogP contribution in [-0.4, -0.2) is 49.9 Å². The highest BCUT2D eigenvalue weighted by molar-refractivity contribution is 14.0. The minimum atomic E-state index is -0.0924. The number of nitrogens with one attached hydrogen (secondary N) is 2. The minimum absolute atomic E-state index is 0. The second-order valence-electron chi connectivity index (χ2n) is 6.92. The standard InChI is InChI=1S/C19H34N4OS.HI/c1-4-19(5-2,15-24)14-21-18(20-6-3)22-16-9-11-23(12-10-16)17-8-7-13-25-17;/h7-8,13,16,24H,4-6,9-12,14-15H2,1-3H3,(H2,20,21,22);1H. The van der Waals surface area contributed by atoms with E-state index in [0.717, 1.165) is 51.3 Å². The first kappa shape index (κ1) is 23.5. The van der Waals surface area contributed by atoms with Gasteiger partial charge in [-0.15, -0.1) is 35.3 Å². The molecule has 0 bridgehead atoms. The van der Waals surface area contributed by atoms with Crippen molar-refractivity contribution < 1.29 is 5.11 Å². The molecule has 1 aromatic heterocycles. The Morgan fingerprint density at radius 1 is 1.31 bits per heavy atom. The van der Waals surface area contributed by atoms with Crippen LogP contribution >= 0.6 is 35.3 Å². The van der Waals surface area contributed by atoms with Gasteiger partial charge >= 0.3 is 0 Å². The fraction of sp³-hybridized carbons (Fsp3) is 0.737. The Hall–Kier alpha value is -0.540. The molecule has 1 fully saturated rings. The van der Waals surface area contributed by atoms with E-state index in [4.69, 9.17) is 4.99 Å². The van der Waals surface area contributed by atoms with Crippen LogP contribution in [-0.2, 0) is 0 Å². The first-order valence-corrected chi connectivity index (χ1v) is 10.5. The van der Waals surface area contributed by atoms with E-state index in [1.807, 2.05) is 11.3 Å². The molecule has 3 N–H and O–H groups in total. The molecule has 2 rings (SSSR count). The summed E-state index contributed by atoms with van der Waals surface area (Å²) in [7, 11) is 0.